The topological polar surface area (TPSA) is 84.9 Å². The van der Waals surface area contributed by atoms with Crippen molar-refractivity contribution in [2.75, 3.05) is 30.4 Å². The minimum atomic E-state index is -4.67. The van der Waals surface area contributed by atoms with Crippen LogP contribution in [0.1, 0.15) is 11.1 Å². The number of nitrogens with zero attached hydrogens (tertiary/aromatic N) is 1. The Hall–Kier alpha value is -3.44. The number of anilines is 2. The molecule has 0 heterocycles. The molecule has 0 aliphatic rings. The second-order valence-corrected chi connectivity index (χ2v) is 9.87. The molecular weight excluding hydrogens is 521 g/mol. The molecule has 12 heteroatoms. The van der Waals surface area contributed by atoms with Crippen LogP contribution in [0.4, 0.5) is 24.5 Å². The van der Waals surface area contributed by atoms with Crippen LogP contribution in [0, 0.1) is 6.92 Å². The fraction of sp³-hybridized carbons (Fsp3) is 0.208. The number of nitrogens with one attached hydrogen (secondary N) is 1. The molecule has 0 saturated carbocycles. The van der Waals surface area contributed by atoms with E-state index in [1.807, 2.05) is 0 Å². The maximum absolute atomic E-state index is 13.6. The van der Waals surface area contributed by atoms with Crippen LogP contribution in [0.15, 0.2) is 65.6 Å². The summed E-state index contributed by atoms with van der Waals surface area (Å²) < 4.78 is 77.9. The zero-order valence-electron chi connectivity index (χ0n) is 19.4. The van der Waals surface area contributed by atoms with Crippen molar-refractivity contribution in [3.8, 4) is 11.5 Å². The Labute approximate surface area is 211 Å². The van der Waals surface area contributed by atoms with Crippen molar-refractivity contribution in [1.82, 2.24) is 0 Å². The van der Waals surface area contributed by atoms with Crippen LogP contribution in [0.5, 0.6) is 11.5 Å². The van der Waals surface area contributed by atoms with Crippen molar-refractivity contribution in [1.29, 1.82) is 0 Å². The summed E-state index contributed by atoms with van der Waals surface area (Å²) >= 11 is 5.98. The number of alkyl halides is 3. The predicted octanol–water partition coefficient (Wildman–Crippen LogP) is 5.52. The van der Waals surface area contributed by atoms with Crippen LogP contribution in [0.25, 0.3) is 0 Å². The predicted molar refractivity (Wildman–Crippen MR) is 130 cm³/mol. The number of methoxy groups -OCH3 is 2. The normalized spacial score (nSPS) is 11.6. The van der Waals surface area contributed by atoms with E-state index in [1.165, 1.54) is 38.5 Å². The summed E-state index contributed by atoms with van der Waals surface area (Å²) in [6.07, 6.45) is -4.67. The third-order valence-electron chi connectivity index (χ3n) is 5.12. The lowest BCUT2D eigenvalue weighted by Crippen LogP contribution is -2.38. The van der Waals surface area contributed by atoms with Crippen LogP contribution in [-0.4, -0.2) is 35.1 Å². The fourth-order valence-corrected chi connectivity index (χ4v) is 4.83. The molecule has 0 saturated heterocycles. The lowest BCUT2D eigenvalue weighted by Gasteiger charge is -2.26. The van der Waals surface area contributed by atoms with Crippen LogP contribution < -0.4 is 19.1 Å². The SMILES string of the molecule is COc1ccc(OC)c(N(CC(=O)Nc2cc(C(F)(F)F)ccc2Cl)S(=O)(=O)c2ccc(C)cc2)c1. The number of ether oxygens (including phenoxy) is 2. The average molecular weight is 543 g/mol. The molecule has 0 fully saturated rings. The summed E-state index contributed by atoms with van der Waals surface area (Å²) in [4.78, 5) is 12.9. The highest BCUT2D eigenvalue weighted by atomic mass is 35.5. The van der Waals surface area contributed by atoms with Gasteiger partial charge in [-0.3, -0.25) is 9.10 Å². The second kappa shape index (κ2) is 10.7. The van der Waals surface area contributed by atoms with Crippen LogP contribution >= 0.6 is 11.6 Å². The van der Waals surface area contributed by atoms with E-state index in [0.717, 1.165) is 22.0 Å². The quantitative estimate of drug-likeness (QED) is 0.405. The number of carbonyl (C=O) groups excluding carboxylic acids is 1. The van der Waals surface area contributed by atoms with Gasteiger partial charge < -0.3 is 14.8 Å². The van der Waals surface area contributed by atoms with E-state index in [2.05, 4.69) is 5.32 Å². The zero-order valence-corrected chi connectivity index (χ0v) is 21.0. The molecule has 36 heavy (non-hydrogen) atoms. The van der Waals surface area contributed by atoms with Gasteiger partial charge in [-0.15, -0.1) is 0 Å². The van der Waals surface area contributed by atoms with Crippen molar-refractivity contribution in [3.63, 3.8) is 0 Å². The number of carbonyl (C=O) groups is 1. The third kappa shape index (κ3) is 6.03. The summed E-state index contributed by atoms with van der Waals surface area (Å²) in [5.41, 5.74) is -0.540. The maximum atomic E-state index is 13.6. The number of hydrogen-bond donors (Lipinski definition) is 1. The van der Waals surface area contributed by atoms with Gasteiger partial charge >= 0.3 is 6.18 Å². The third-order valence-corrected chi connectivity index (χ3v) is 7.22. The number of benzene rings is 3. The van der Waals surface area contributed by atoms with E-state index in [9.17, 15) is 26.4 Å². The van der Waals surface area contributed by atoms with Gasteiger partial charge in [0.1, 0.15) is 18.0 Å². The smallest absolute Gasteiger partial charge is 0.416 e. The van der Waals surface area contributed by atoms with E-state index in [1.54, 1.807) is 25.1 Å². The number of aryl methyl sites for hydroxylation is 1. The summed E-state index contributed by atoms with van der Waals surface area (Å²) in [5.74, 6) is -0.524. The highest BCUT2D eigenvalue weighted by molar-refractivity contribution is 7.92. The van der Waals surface area contributed by atoms with Crippen molar-refractivity contribution in [2.45, 2.75) is 18.0 Å². The van der Waals surface area contributed by atoms with E-state index in [-0.39, 0.29) is 32.8 Å². The summed E-state index contributed by atoms with van der Waals surface area (Å²) in [5, 5.41) is 2.12. The molecule has 3 aromatic rings. The van der Waals surface area contributed by atoms with Gasteiger partial charge in [0, 0.05) is 6.07 Å². The molecule has 0 aliphatic heterocycles. The molecule has 1 N–H and O–H groups in total. The van der Waals surface area contributed by atoms with Gasteiger partial charge in [-0.2, -0.15) is 13.2 Å². The van der Waals surface area contributed by atoms with Gasteiger partial charge in [0.15, 0.2) is 0 Å². The first-order chi connectivity index (χ1) is 16.9. The lowest BCUT2D eigenvalue weighted by atomic mass is 10.2. The molecule has 0 atom stereocenters. The van der Waals surface area contributed by atoms with Gasteiger partial charge in [0.2, 0.25) is 5.91 Å². The van der Waals surface area contributed by atoms with Gasteiger partial charge in [-0.05, 0) is 49.4 Å². The summed E-state index contributed by atoms with van der Waals surface area (Å²) in [6.45, 7) is 0.984. The Balaban J connectivity index is 2.06. The molecule has 0 unspecified atom stereocenters. The first-order valence-electron chi connectivity index (χ1n) is 10.3. The van der Waals surface area contributed by atoms with Crippen molar-refractivity contribution in [2.24, 2.45) is 0 Å². The fourth-order valence-electron chi connectivity index (χ4n) is 3.25. The summed E-state index contributed by atoms with van der Waals surface area (Å²) in [7, 11) is -1.63. The van der Waals surface area contributed by atoms with E-state index < -0.39 is 34.2 Å². The van der Waals surface area contributed by atoms with Crippen LogP contribution in [0.3, 0.4) is 0 Å². The minimum Gasteiger partial charge on any atom is -0.497 e. The van der Waals surface area contributed by atoms with Crippen molar-refractivity contribution in [3.05, 3.63) is 76.8 Å². The molecule has 0 bridgehead atoms. The van der Waals surface area contributed by atoms with E-state index in [4.69, 9.17) is 21.1 Å². The molecule has 7 nitrogen and oxygen atoms in total. The first-order valence-corrected chi connectivity index (χ1v) is 12.2. The van der Waals surface area contributed by atoms with Gasteiger partial charge in [0.05, 0.1) is 41.1 Å². The molecule has 0 aliphatic carbocycles. The Morgan fingerprint density at radius 2 is 1.67 bits per heavy atom. The second-order valence-electron chi connectivity index (χ2n) is 7.60. The summed E-state index contributed by atoms with van der Waals surface area (Å²) in [6, 6.07) is 12.8. The van der Waals surface area contributed by atoms with Gasteiger partial charge in [-0.25, -0.2) is 8.42 Å². The van der Waals surface area contributed by atoms with Crippen molar-refractivity contribution < 1.29 is 35.9 Å². The monoisotopic (exact) mass is 542 g/mol. The number of hydrogen-bond acceptors (Lipinski definition) is 5. The molecule has 0 aromatic heterocycles. The van der Waals surface area contributed by atoms with Gasteiger partial charge in [0.25, 0.3) is 10.0 Å². The Morgan fingerprint density at radius 3 is 2.25 bits per heavy atom. The number of rotatable bonds is 8. The number of amides is 1. The highest BCUT2D eigenvalue weighted by Gasteiger charge is 2.32. The largest absolute Gasteiger partial charge is 0.497 e. The standard InChI is InChI=1S/C24H22ClF3N2O5S/c1-15-4-8-18(9-5-15)36(32,33)30(21-13-17(34-2)7-11-22(21)35-3)14-23(31)29-20-12-16(24(26,27)28)6-10-19(20)25/h4-13H,14H2,1-3H3,(H,29,31). The van der Waals surface area contributed by atoms with Gasteiger partial charge in [-0.1, -0.05) is 29.3 Å². The Morgan fingerprint density at radius 1 is 1.00 bits per heavy atom. The molecule has 3 aromatic carbocycles. The highest BCUT2D eigenvalue weighted by Crippen LogP contribution is 2.37. The van der Waals surface area contributed by atoms with Crippen molar-refractivity contribution >= 4 is 38.9 Å². The Kier molecular flexibility index (Phi) is 8.05. The van der Waals surface area contributed by atoms with E-state index in [0.29, 0.717) is 6.07 Å². The molecule has 0 spiro atoms. The molecule has 1 amide bonds. The molecule has 3 rings (SSSR count). The molecule has 192 valence electrons. The first kappa shape index (κ1) is 27.2. The lowest BCUT2D eigenvalue weighted by molar-refractivity contribution is -0.137. The van der Waals surface area contributed by atoms with E-state index >= 15 is 0 Å². The van der Waals surface area contributed by atoms with Crippen LogP contribution in [0.2, 0.25) is 5.02 Å². The Bertz CT molecular complexity index is 1360. The number of sulfonamides is 1. The van der Waals surface area contributed by atoms with Crippen LogP contribution in [-0.2, 0) is 21.0 Å². The maximum Gasteiger partial charge on any atom is 0.416 e. The molecular formula is C24H22ClF3N2O5S. The number of halogens is 4. The average Bonchev–Trinajstić information content (AvgIpc) is 2.83. The minimum absolute atomic E-state index is 0.0114. The zero-order chi connectivity index (χ0) is 26.7. The molecule has 0 radical (unpaired) electrons.